The number of rotatable bonds is 35. The minimum Gasteiger partial charge on any atom is -0.445 e. The molecule has 23 nitrogen and oxygen atoms in total. The molecule has 4 rings (SSSR count). The summed E-state index contributed by atoms with van der Waals surface area (Å²) in [7, 11) is 6.05. The molecule has 25 heteroatoms. The molecule has 0 spiro atoms. The standard InChI is InChI=1S/C66H97Br2N9O14/c1-16-44(17-2)56(48(89-14)35-50(79)76-34-24-27-47(76)58(90-15)40(9)59(81)69-41(10)57(80)45-25-20-18-21-26-45)74(12)65(87)54(38(5)6)73-62(84)55(39(7)8)75(13)66(88)91-36-43-29-31-46(32-30-43)71-60(82)42(11)70-61(83)53(37(3)4)72-49(78)28-22-19-23-33-77-63(85)51(67)52(68)64(77)86/h16,18,20-21,25-26,29-32,37-42,44,47-48,53-58,80H,1,17,19,22-24,27-28,33-36H2,2-15H3,(H,69,81)(H,70,83)(H,71,82)(H,72,78)(H,73,84)/t40-,41+,42-,44-,47+,48-,53-,54+,55+,56+,57+,58-/m1/s1. The zero-order chi connectivity index (χ0) is 68.1. The Morgan fingerprint density at radius 2 is 1.35 bits per heavy atom. The van der Waals surface area contributed by atoms with Crippen molar-refractivity contribution in [3.8, 4) is 0 Å². The molecule has 0 saturated carbocycles. The third kappa shape index (κ3) is 21.0. The number of benzene rings is 2. The molecule has 6 N–H and O–H groups in total. The van der Waals surface area contributed by atoms with Gasteiger partial charge in [0.2, 0.25) is 41.4 Å². The van der Waals surface area contributed by atoms with Gasteiger partial charge in [-0.2, -0.15) is 0 Å². The first-order valence-electron chi connectivity index (χ1n) is 31.3. The molecule has 504 valence electrons. The van der Waals surface area contributed by atoms with Crippen molar-refractivity contribution in [1.82, 2.24) is 40.9 Å². The third-order valence-electron chi connectivity index (χ3n) is 17.0. The van der Waals surface area contributed by atoms with Crippen molar-refractivity contribution in [2.45, 2.75) is 188 Å². The van der Waals surface area contributed by atoms with Gasteiger partial charge in [0, 0.05) is 53.5 Å². The van der Waals surface area contributed by atoms with E-state index in [2.05, 4.69) is 65.0 Å². The van der Waals surface area contributed by atoms with E-state index >= 15 is 0 Å². The number of unbranched alkanes of at least 4 members (excludes halogenated alkanes) is 2. The smallest absolute Gasteiger partial charge is 0.410 e. The highest BCUT2D eigenvalue weighted by molar-refractivity contribution is 9.14. The summed E-state index contributed by atoms with van der Waals surface area (Å²) in [4.78, 5) is 141. The normalized spacial score (nSPS) is 17.9. The van der Waals surface area contributed by atoms with Gasteiger partial charge in [0.1, 0.15) is 39.7 Å². The minimum absolute atomic E-state index is 0.112. The molecule has 2 aliphatic rings. The van der Waals surface area contributed by atoms with Gasteiger partial charge in [0.25, 0.3) is 11.8 Å². The number of likely N-dealkylation sites (N-methyl/N-ethyl adjacent to an activating group) is 2. The highest BCUT2D eigenvalue weighted by atomic mass is 79.9. The number of anilines is 1. The van der Waals surface area contributed by atoms with Crippen molar-refractivity contribution in [3.63, 3.8) is 0 Å². The summed E-state index contributed by atoms with van der Waals surface area (Å²) in [5, 5.41) is 25.0. The first kappa shape index (κ1) is 76.9. The number of carbonyl (C=O) groups excluding carboxylic acids is 10. The fraction of sp³-hybridized carbons (Fsp3) is 0.606. The molecule has 0 aromatic heterocycles. The molecule has 0 radical (unpaired) electrons. The van der Waals surface area contributed by atoms with E-state index in [0.717, 1.165) is 4.90 Å². The molecule has 2 aromatic carbocycles. The number of aliphatic hydroxyl groups excluding tert-OH is 1. The Morgan fingerprint density at radius 1 is 0.736 bits per heavy atom. The fourth-order valence-corrected chi connectivity index (χ4v) is 12.4. The van der Waals surface area contributed by atoms with Crippen LogP contribution in [0.3, 0.4) is 0 Å². The number of nitrogens with one attached hydrogen (secondary N) is 5. The van der Waals surface area contributed by atoms with E-state index in [-0.39, 0.29) is 64.5 Å². The largest absolute Gasteiger partial charge is 0.445 e. The number of aliphatic hydroxyl groups is 1. The van der Waals surface area contributed by atoms with Crippen molar-refractivity contribution in [2.24, 2.45) is 29.6 Å². The van der Waals surface area contributed by atoms with Crippen molar-refractivity contribution in [2.75, 3.05) is 46.7 Å². The Bertz CT molecular complexity index is 2850. The lowest BCUT2D eigenvalue weighted by Crippen LogP contribution is -2.60. The lowest BCUT2D eigenvalue weighted by atomic mass is 9.88. The second-order valence-corrected chi connectivity index (χ2v) is 26.2. The minimum atomic E-state index is -1.08. The van der Waals surface area contributed by atoms with Gasteiger partial charge < -0.3 is 55.7 Å². The van der Waals surface area contributed by atoms with Crippen molar-refractivity contribution in [3.05, 3.63) is 87.3 Å². The molecule has 1 saturated heterocycles. The number of nitrogens with zero attached hydrogens (tertiary/aromatic N) is 4. The van der Waals surface area contributed by atoms with Gasteiger partial charge in [-0.3, -0.25) is 53.0 Å². The fourth-order valence-electron chi connectivity index (χ4n) is 11.6. The number of hydrogen-bond donors (Lipinski definition) is 6. The molecule has 91 heavy (non-hydrogen) atoms. The highest BCUT2D eigenvalue weighted by Crippen LogP contribution is 2.32. The van der Waals surface area contributed by atoms with Crippen LogP contribution in [-0.4, -0.2) is 180 Å². The van der Waals surface area contributed by atoms with E-state index in [1.165, 1.54) is 38.0 Å². The summed E-state index contributed by atoms with van der Waals surface area (Å²) in [6.07, 6.45) is 1.76. The molecular formula is C66H97Br2N9O14. The number of halogens is 2. The Kier molecular flexibility index (Phi) is 31.0. The second-order valence-electron chi connectivity index (χ2n) is 24.7. The van der Waals surface area contributed by atoms with Crippen LogP contribution in [0.25, 0.3) is 0 Å². The van der Waals surface area contributed by atoms with Crippen LogP contribution in [0.2, 0.25) is 0 Å². The van der Waals surface area contributed by atoms with Crippen molar-refractivity contribution in [1.29, 1.82) is 0 Å². The monoisotopic (exact) mass is 1400 g/mol. The SMILES string of the molecule is C=C[C@H](CC)[C@@H]([C@@H](CC(=O)N1CCC[C@H]1[C@H](OC)[C@@H](C)C(=O)N[C@@H](C)[C@H](O)c1ccccc1)OC)N(C)C(=O)[C@@H](NC(=O)[C@H](C(C)C)N(C)C(=O)OCc1ccc(NC(=O)[C@@H](C)NC(=O)[C@H](NC(=O)CCCCCN2C(=O)C(Br)=C(Br)C2=O)C(C)C)cc1)C(C)C. The van der Waals surface area contributed by atoms with Gasteiger partial charge in [-0.05, 0) is 125 Å². The van der Waals surface area contributed by atoms with Crippen LogP contribution in [-0.2, 0) is 64.0 Å². The molecule has 0 aliphatic carbocycles. The van der Waals surface area contributed by atoms with E-state index in [1.54, 1.807) is 110 Å². The van der Waals surface area contributed by atoms with Gasteiger partial charge in [-0.15, -0.1) is 6.58 Å². The van der Waals surface area contributed by atoms with Crippen LogP contribution < -0.4 is 26.6 Å². The summed E-state index contributed by atoms with van der Waals surface area (Å²) < 4.78 is 18.1. The maximum Gasteiger partial charge on any atom is 0.410 e. The van der Waals surface area contributed by atoms with E-state index in [0.29, 0.717) is 61.9 Å². The van der Waals surface area contributed by atoms with Crippen LogP contribution in [0, 0.1) is 29.6 Å². The van der Waals surface area contributed by atoms with Gasteiger partial charge in [0.15, 0.2) is 0 Å². The number of ether oxygens (including phenoxy) is 3. The summed E-state index contributed by atoms with van der Waals surface area (Å²) in [6, 6.07) is 9.67. The predicted octanol–water partition coefficient (Wildman–Crippen LogP) is 7.26. The summed E-state index contributed by atoms with van der Waals surface area (Å²) >= 11 is 6.21. The second kappa shape index (κ2) is 36.6. The van der Waals surface area contributed by atoms with Crippen LogP contribution in [0.15, 0.2) is 76.2 Å². The van der Waals surface area contributed by atoms with Gasteiger partial charge >= 0.3 is 6.09 Å². The average molecular weight is 1400 g/mol. The Morgan fingerprint density at radius 3 is 1.90 bits per heavy atom. The first-order chi connectivity index (χ1) is 42.9. The maximum absolute atomic E-state index is 14.8. The lowest BCUT2D eigenvalue weighted by molar-refractivity contribution is -0.147. The molecule has 10 amide bonds. The topological polar surface area (TPSA) is 292 Å². The molecule has 2 aliphatic heterocycles. The molecule has 2 heterocycles. The summed E-state index contributed by atoms with van der Waals surface area (Å²) in [5.74, 6) is -6.12. The number of hydrogen-bond acceptors (Lipinski definition) is 14. The number of imide groups is 1. The maximum atomic E-state index is 14.8. The quantitative estimate of drug-likeness (QED) is 0.0225. The number of methoxy groups -OCH3 is 2. The molecule has 2 aromatic rings. The van der Waals surface area contributed by atoms with Gasteiger partial charge in [-0.1, -0.05) is 110 Å². The number of amides is 10. The number of carbonyl (C=O) groups is 10. The van der Waals surface area contributed by atoms with E-state index in [1.807, 2.05) is 25.1 Å². The first-order valence-corrected chi connectivity index (χ1v) is 32.9. The van der Waals surface area contributed by atoms with Crippen molar-refractivity contribution >= 4 is 96.8 Å². The summed E-state index contributed by atoms with van der Waals surface area (Å²) in [5.41, 5.74) is 1.61. The van der Waals surface area contributed by atoms with Crippen LogP contribution >= 0.6 is 31.9 Å². The summed E-state index contributed by atoms with van der Waals surface area (Å²) in [6.45, 7) is 22.1. The molecule has 1 fully saturated rings. The number of likely N-dealkylation sites (tertiary alicyclic amines) is 1. The van der Waals surface area contributed by atoms with E-state index < -0.39 is 120 Å². The molecule has 0 unspecified atom stereocenters. The zero-order valence-electron chi connectivity index (χ0n) is 55.2. The Balaban J connectivity index is 1.33. The Labute approximate surface area is 553 Å². The van der Waals surface area contributed by atoms with E-state index in [4.69, 9.17) is 14.2 Å². The van der Waals surface area contributed by atoms with Gasteiger partial charge in [-0.25, -0.2) is 4.79 Å². The van der Waals surface area contributed by atoms with Crippen LogP contribution in [0.4, 0.5) is 10.5 Å². The molecular weight excluding hydrogens is 1300 g/mol. The average Bonchev–Trinajstić information content (AvgIpc) is 1.85. The highest BCUT2D eigenvalue weighted by Gasteiger charge is 2.44. The molecule has 12 atom stereocenters. The van der Waals surface area contributed by atoms with Gasteiger partial charge in [0.05, 0.1) is 48.8 Å². The molecule has 0 bridgehead atoms. The van der Waals surface area contributed by atoms with Crippen LogP contribution in [0.1, 0.15) is 138 Å². The van der Waals surface area contributed by atoms with Crippen LogP contribution in [0.5, 0.6) is 0 Å². The van der Waals surface area contributed by atoms with Crippen molar-refractivity contribution < 1.29 is 67.3 Å². The Hall–Kier alpha value is -6.54. The zero-order valence-corrected chi connectivity index (χ0v) is 58.4. The van der Waals surface area contributed by atoms with E-state index in [9.17, 15) is 53.1 Å². The lowest BCUT2D eigenvalue weighted by Gasteiger charge is -2.41. The predicted molar refractivity (Wildman–Crippen MR) is 353 cm³/mol. The third-order valence-corrected chi connectivity index (χ3v) is 19.0.